The Labute approximate surface area is 118 Å². The standard InChI is InChI=1S/C15H21N3O2/c1-11-3-5-12(6-4-11)13(19)17-9-10-18-14(20)15(16)7-2-8-15/h3-6H,2,7-10,16H2,1H3,(H,17,19)(H,18,20). The molecular formula is C15H21N3O2. The van der Waals surface area contributed by atoms with Crippen LogP contribution in [-0.4, -0.2) is 30.4 Å². The zero-order valence-corrected chi connectivity index (χ0v) is 11.7. The first-order valence-corrected chi connectivity index (χ1v) is 6.93. The van der Waals surface area contributed by atoms with Crippen LogP contribution in [0.15, 0.2) is 24.3 Å². The molecule has 2 rings (SSSR count). The van der Waals surface area contributed by atoms with Crippen LogP contribution in [0.5, 0.6) is 0 Å². The number of aryl methyl sites for hydroxylation is 1. The Hall–Kier alpha value is -1.88. The highest BCUT2D eigenvalue weighted by Gasteiger charge is 2.39. The number of benzene rings is 1. The Morgan fingerprint density at radius 3 is 2.30 bits per heavy atom. The predicted octanol–water partition coefficient (Wildman–Crippen LogP) is 0.722. The van der Waals surface area contributed by atoms with Crippen molar-refractivity contribution in [2.75, 3.05) is 13.1 Å². The number of rotatable bonds is 5. The van der Waals surface area contributed by atoms with Crippen molar-refractivity contribution in [3.63, 3.8) is 0 Å². The van der Waals surface area contributed by atoms with Gasteiger partial charge in [0.1, 0.15) is 0 Å². The highest BCUT2D eigenvalue weighted by atomic mass is 16.2. The van der Waals surface area contributed by atoms with Gasteiger partial charge in [-0.1, -0.05) is 17.7 Å². The second kappa shape index (κ2) is 6.05. The van der Waals surface area contributed by atoms with Crippen LogP contribution in [0.3, 0.4) is 0 Å². The van der Waals surface area contributed by atoms with Crippen LogP contribution in [0, 0.1) is 6.92 Å². The molecule has 0 spiro atoms. The predicted molar refractivity (Wildman–Crippen MR) is 77.3 cm³/mol. The number of hydrogen-bond donors (Lipinski definition) is 3. The molecule has 1 fully saturated rings. The van der Waals surface area contributed by atoms with Gasteiger partial charge in [-0.15, -0.1) is 0 Å². The molecule has 5 heteroatoms. The first kappa shape index (κ1) is 14.5. The highest BCUT2D eigenvalue weighted by Crippen LogP contribution is 2.28. The van der Waals surface area contributed by atoms with Crippen LogP contribution in [0.2, 0.25) is 0 Å². The van der Waals surface area contributed by atoms with E-state index in [4.69, 9.17) is 5.73 Å². The molecule has 0 heterocycles. The summed E-state index contributed by atoms with van der Waals surface area (Å²) in [5.41, 5.74) is 6.95. The van der Waals surface area contributed by atoms with Gasteiger partial charge in [-0.05, 0) is 38.3 Å². The summed E-state index contributed by atoms with van der Waals surface area (Å²) in [6.45, 7) is 2.77. The topological polar surface area (TPSA) is 84.2 Å². The molecule has 0 radical (unpaired) electrons. The monoisotopic (exact) mass is 275 g/mol. The Kier molecular flexibility index (Phi) is 4.39. The smallest absolute Gasteiger partial charge is 0.251 e. The fraction of sp³-hybridized carbons (Fsp3) is 0.467. The van der Waals surface area contributed by atoms with E-state index in [0.717, 1.165) is 24.8 Å². The van der Waals surface area contributed by atoms with E-state index in [1.807, 2.05) is 19.1 Å². The lowest BCUT2D eigenvalue weighted by Gasteiger charge is -2.36. The van der Waals surface area contributed by atoms with Crippen molar-refractivity contribution >= 4 is 11.8 Å². The fourth-order valence-corrected chi connectivity index (χ4v) is 2.12. The van der Waals surface area contributed by atoms with Gasteiger partial charge in [-0.2, -0.15) is 0 Å². The lowest BCUT2D eigenvalue weighted by molar-refractivity contribution is -0.129. The van der Waals surface area contributed by atoms with Crippen molar-refractivity contribution in [2.45, 2.75) is 31.7 Å². The summed E-state index contributed by atoms with van der Waals surface area (Å²) in [6, 6.07) is 7.36. The number of hydrogen-bond acceptors (Lipinski definition) is 3. The third kappa shape index (κ3) is 3.36. The van der Waals surface area contributed by atoms with Crippen LogP contribution in [0.4, 0.5) is 0 Å². The van der Waals surface area contributed by atoms with Gasteiger partial charge in [0.05, 0.1) is 5.54 Å². The van der Waals surface area contributed by atoms with Gasteiger partial charge in [0.15, 0.2) is 0 Å². The molecule has 4 N–H and O–H groups in total. The molecule has 1 aromatic rings. The molecule has 1 aliphatic carbocycles. The third-order valence-corrected chi connectivity index (χ3v) is 3.71. The quantitative estimate of drug-likeness (QED) is 0.692. The summed E-state index contributed by atoms with van der Waals surface area (Å²) in [5, 5.41) is 5.53. The summed E-state index contributed by atoms with van der Waals surface area (Å²) in [7, 11) is 0. The zero-order chi connectivity index (χ0) is 14.6. The Morgan fingerprint density at radius 2 is 1.75 bits per heavy atom. The van der Waals surface area contributed by atoms with E-state index in [1.165, 1.54) is 0 Å². The maximum atomic E-state index is 11.8. The molecule has 20 heavy (non-hydrogen) atoms. The van der Waals surface area contributed by atoms with Crippen molar-refractivity contribution in [2.24, 2.45) is 5.73 Å². The van der Waals surface area contributed by atoms with E-state index in [2.05, 4.69) is 10.6 Å². The minimum absolute atomic E-state index is 0.117. The van der Waals surface area contributed by atoms with Crippen molar-refractivity contribution in [1.29, 1.82) is 0 Å². The third-order valence-electron chi connectivity index (χ3n) is 3.71. The molecule has 0 atom stereocenters. The van der Waals surface area contributed by atoms with Crippen LogP contribution < -0.4 is 16.4 Å². The van der Waals surface area contributed by atoms with Crippen molar-refractivity contribution in [1.82, 2.24) is 10.6 Å². The molecule has 0 saturated heterocycles. The first-order valence-electron chi connectivity index (χ1n) is 6.93. The lowest BCUT2D eigenvalue weighted by Crippen LogP contribution is -2.59. The first-order chi connectivity index (χ1) is 9.51. The molecule has 108 valence electrons. The van der Waals surface area contributed by atoms with E-state index in [1.54, 1.807) is 12.1 Å². The summed E-state index contributed by atoms with van der Waals surface area (Å²) < 4.78 is 0. The Bertz CT molecular complexity index is 492. The molecule has 0 aliphatic heterocycles. The Morgan fingerprint density at radius 1 is 1.15 bits per heavy atom. The van der Waals surface area contributed by atoms with Gasteiger partial charge >= 0.3 is 0 Å². The van der Waals surface area contributed by atoms with E-state index in [9.17, 15) is 9.59 Å². The molecule has 0 aromatic heterocycles. The minimum Gasteiger partial charge on any atom is -0.353 e. The van der Waals surface area contributed by atoms with Crippen LogP contribution >= 0.6 is 0 Å². The summed E-state index contributed by atoms with van der Waals surface area (Å²) in [5.74, 6) is -0.251. The van der Waals surface area contributed by atoms with Gasteiger partial charge < -0.3 is 16.4 Å². The van der Waals surface area contributed by atoms with Gasteiger partial charge in [-0.3, -0.25) is 9.59 Å². The molecular weight excluding hydrogens is 254 g/mol. The lowest BCUT2D eigenvalue weighted by atomic mass is 9.77. The summed E-state index contributed by atoms with van der Waals surface area (Å²) in [4.78, 5) is 23.6. The van der Waals surface area contributed by atoms with Crippen molar-refractivity contribution < 1.29 is 9.59 Å². The van der Waals surface area contributed by atoms with Gasteiger partial charge in [0.25, 0.3) is 5.91 Å². The molecule has 0 bridgehead atoms. The minimum atomic E-state index is -0.680. The normalized spacial score (nSPS) is 16.1. The van der Waals surface area contributed by atoms with Gasteiger partial charge in [0, 0.05) is 18.7 Å². The van der Waals surface area contributed by atoms with E-state index in [0.29, 0.717) is 18.7 Å². The molecule has 1 aliphatic rings. The van der Waals surface area contributed by atoms with E-state index in [-0.39, 0.29) is 11.8 Å². The molecule has 1 saturated carbocycles. The van der Waals surface area contributed by atoms with Gasteiger partial charge in [-0.25, -0.2) is 0 Å². The molecule has 5 nitrogen and oxygen atoms in total. The second-order valence-corrected chi connectivity index (χ2v) is 5.39. The fourth-order valence-electron chi connectivity index (χ4n) is 2.12. The van der Waals surface area contributed by atoms with Crippen molar-refractivity contribution in [3.05, 3.63) is 35.4 Å². The second-order valence-electron chi connectivity index (χ2n) is 5.39. The van der Waals surface area contributed by atoms with E-state index < -0.39 is 5.54 Å². The zero-order valence-electron chi connectivity index (χ0n) is 11.7. The van der Waals surface area contributed by atoms with Crippen LogP contribution in [-0.2, 0) is 4.79 Å². The number of carbonyl (C=O) groups excluding carboxylic acids is 2. The van der Waals surface area contributed by atoms with E-state index >= 15 is 0 Å². The molecule has 1 aromatic carbocycles. The van der Waals surface area contributed by atoms with Crippen LogP contribution in [0.1, 0.15) is 35.2 Å². The summed E-state index contributed by atoms with van der Waals surface area (Å²) >= 11 is 0. The number of nitrogens with one attached hydrogen (secondary N) is 2. The average Bonchev–Trinajstić information content (AvgIpc) is 2.41. The maximum Gasteiger partial charge on any atom is 0.251 e. The average molecular weight is 275 g/mol. The number of amides is 2. The SMILES string of the molecule is Cc1ccc(C(=O)NCCNC(=O)C2(N)CCC2)cc1. The molecule has 0 unspecified atom stereocenters. The Balaban J connectivity index is 1.69. The van der Waals surface area contributed by atoms with Crippen molar-refractivity contribution in [3.8, 4) is 0 Å². The number of carbonyl (C=O) groups is 2. The molecule has 2 amide bonds. The maximum absolute atomic E-state index is 11.8. The van der Waals surface area contributed by atoms with Gasteiger partial charge in [0.2, 0.25) is 5.91 Å². The highest BCUT2D eigenvalue weighted by molar-refractivity contribution is 5.94. The largest absolute Gasteiger partial charge is 0.353 e. The summed E-state index contributed by atoms with van der Waals surface area (Å²) in [6.07, 6.45) is 2.50. The van der Waals surface area contributed by atoms with Crippen LogP contribution in [0.25, 0.3) is 0 Å². The number of nitrogens with two attached hydrogens (primary N) is 1.